The van der Waals surface area contributed by atoms with E-state index in [1.807, 2.05) is 0 Å². The molecule has 0 aliphatic heterocycles. The number of carboxylic acids is 2. The first-order chi connectivity index (χ1) is 9.97. The summed E-state index contributed by atoms with van der Waals surface area (Å²) >= 11 is 0. The maximum Gasteiger partial charge on any atom is 0.356 e. The monoisotopic (exact) mass is 288 g/mol. The highest BCUT2D eigenvalue weighted by atomic mass is 16.4. The van der Waals surface area contributed by atoms with Crippen LogP contribution in [0.1, 0.15) is 45.3 Å². The highest BCUT2D eigenvalue weighted by Gasteiger charge is 2.30. The molecule has 0 saturated heterocycles. The number of hydrogen-bond acceptors (Lipinski definition) is 4. The molecule has 7 nitrogen and oxygen atoms in total. The quantitative estimate of drug-likeness (QED) is 0.791. The second kappa shape index (κ2) is 4.62. The SMILES string of the molecule is O=C(O)c1cc(C2CC2)n(-c2ccc(O)c(C(=O)O)c2)n1. The second-order valence-electron chi connectivity index (χ2n) is 4.95. The Morgan fingerprint density at radius 3 is 2.43 bits per heavy atom. The number of hydrogen-bond donors (Lipinski definition) is 3. The van der Waals surface area contributed by atoms with Crippen molar-refractivity contribution in [3.05, 3.63) is 41.2 Å². The standard InChI is InChI=1S/C14H12N2O5/c17-12-4-3-8(5-9(12)13(18)19)16-11(7-1-2-7)6-10(15-16)14(20)21/h3-7,17H,1-2H2,(H,18,19)(H,20,21). The molecule has 1 aromatic heterocycles. The maximum absolute atomic E-state index is 11.1. The molecule has 0 amide bonds. The zero-order valence-corrected chi connectivity index (χ0v) is 10.9. The van der Waals surface area contributed by atoms with Crippen LogP contribution in [0.2, 0.25) is 0 Å². The third-order valence-corrected chi connectivity index (χ3v) is 3.41. The van der Waals surface area contributed by atoms with E-state index in [-0.39, 0.29) is 22.9 Å². The van der Waals surface area contributed by atoms with E-state index in [2.05, 4.69) is 5.10 Å². The van der Waals surface area contributed by atoms with E-state index in [4.69, 9.17) is 10.2 Å². The molecule has 1 heterocycles. The predicted molar refractivity (Wildman–Crippen MR) is 71.1 cm³/mol. The molecule has 1 aliphatic carbocycles. The number of nitrogens with zero attached hydrogens (tertiary/aromatic N) is 2. The summed E-state index contributed by atoms with van der Waals surface area (Å²) in [5.41, 5.74) is 0.831. The fraction of sp³-hybridized carbons (Fsp3) is 0.214. The fourth-order valence-electron chi connectivity index (χ4n) is 2.20. The molecule has 108 valence electrons. The lowest BCUT2D eigenvalue weighted by Gasteiger charge is -2.08. The number of carbonyl (C=O) groups is 2. The lowest BCUT2D eigenvalue weighted by Crippen LogP contribution is -2.05. The van der Waals surface area contributed by atoms with Crippen molar-refractivity contribution in [2.45, 2.75) is 18.8 Å². The van der Waals surface area contributed by atoms with Crippen LogP contribution in [0.25, 0.3) is 5.69 Å². The minimum Gasteiger partial charge on any atom is -0.507 e. The molecule has 0 atom stereocenters. The second-order valence-corrected chi connectivity index (χ2v) is 4.95. The van der Waals surface area contributed by atoms with E-state index < -0.39 is 11.9 Å². The number of carboxylic acid groups (broad SMARTS) is 2. The van der Waals surface area contributed by atoms with Crippen LogP contribution in [0.15, 0.2) is 24.3 Å². The summed E-state index contributed by atoms with van der Waals surface area (Å²) in [6.45, 7) is 0. The average molecular weight is 288 g/mol. The molecule has 7 heteroatoms. The van der Waals surface area contributed by atoms with Gasteiger partial charge in [0.1, 0.15) is 11.3 Å². The van der Waals surface area contributed by atoms with Crippen LogP contribution >= 0.6 is 0 Å². The Morgan fingerprint density at radius 2 is 1.86 bits per heavy atom. The number of aromatic nitrogens is 2. The lowest BCUT2D eigenvalue weighted by molar-refractivity contribution is 0.0680. The summed E-state index contributed by atoms with van der Waals surface area (Å²) in [4.78, 5) is 22.1. The van der Waals surface area contributed by atoms with Crippen molar-refractivity contribution < 1.29 is 24.9 Å². The Labute approximate surface area is 119 Å². The summed E-state index contributed by atoms with van der Waals surface area (Å²) in [5, 5.41) is 31.6. The molecular weight excluding hydrogens is 276 g/mol. The molecule has 21 heavy (non-hydrogen) atoms. The molecule has 0 spiro atoms. The third-order valence-electron chi connectivity index (χ3n) is 3.41. The molecule has 3 N–H and O–H groups in total. The molecule has 1 fully saturated rings. The normalized spacial score (nSPS) is 14.1. The van der Waals surface area contributed by atoms with E-state index in [1.165, 1.54) is 28.9 Å². The summed E-state index contributed by atoms with van der Waals surface area (Å²) in [5.74, 6) is -2.49. The van der Waals surface area contributed by atoms with Crippen molar-refractivity contribution in [3.8, 4) is 11.4 Å². The topological polar surface area (TPSA) is 113 Å². The van der Waals surface area contributed by atoms with Gasteiger partial charge in [0.2, 0.25) is 0 Å². The molecule has 1 aliphatic rings. The van der Waals surface area contributed by atoms with Gasteiger partial charge in [-0.2, -0.15) is 5.10 Å². The smallest absolute Gasteiger partial charge is 0.356 e. The van der Waals surface area contributed by atoms with Crippen molar-refractivity contribution in [1.29, 1.82) is 0 Å². The van der Waals surface area contributed by atoms with Crippen molar-refractivity contribution in [2.24, 2.45) is 0 Å². The first kappa shape index (κ1) is 13.2. The van der Waals surface area contributed by atoms with Crippen LogP contribution in [-0.2, 0) is 0 Å². The van der Waals surface area contributed by atoms with E-state index in [9.17, 15) is 14.7 Å². The molecule has 0 bridgehead atoms. The van der Waals surface area contributed by atoms with Crippen LogP contribution in [0, 0.1) is 0 Å². The number of rotatable bonds is 4. The Morgan fingerprint density at radius 1 is 1.14 bits per heavy atom. The van der Waals surface area contributed by atoms with Gasteiger partial charge in [0.25, 0.3) is 0 Å². The van der Waals surface area contributed by atoms with Crippen molar-refractivity contribution in [2.75, 3.05) is 0 Å². The Bertz CT molecular complexity index is 746. The van der Waals surface area contributed by atoms with Gasteiger partial charge < -0.3 is 15.3 Å². The number of aromatic carboxylic acids is 2. The van der Waals surface area contributed by atoms with Crippen LogP contribution in [0.3, 0.4) is 0 Å². The zero-order valence-electron chi connectivity index (χ0n) is 10.9. The largest absolute Gasteiger partial charge is 0.507 e. The van der Waals surface area contributed by atoms with Crippen LogP contribution in [0.5, 0.6) is 5.75 Å². The van der Waals surface area contributed by atoms with Crippen molar-refractivity contribution in [3.63, 3.8) is 0 Å². The third kappa shape index (κ3) is 2.33. The van der Waals surface area contributed by atoms with Gasteiger partial charge in [-0.25, -0.2) is 14.3 Å². The van der Waals surface area contributed by atoms with Crippen LogP contribution < -0.4 is 0 Å². The van der Waals surface area contributed by atoms with Gasteiger partial charge in [0.15, 0.2) is 5.69 Å². The zero-order chi connectivity index (χ0) is 15.1. The number of aromatic hydroxyl groups is 1. The van der Waals surface area contributed by atoms with E-state index >= 15 is 0 Å². The first-order valence-electron chi connectivity index (χ1n) is 6.37. The van der Waals surface area contributed by atoms with Crippen LogP contribution in [-0.4, -0.2) is 37.0 Å². The predicted octanol–water partition coefficient (Wildman–Crippen LogP) is 1.85. The summed E-state index contributed by atoms with van der Waals surface area (Å²) in [7, 11) is 0. The maximum atomic E-state index is 11.1. The highest BCUT2D eigenvalue weighted by molar-refractivity contribution is 5.91. The minimum atomic E-state index is -1.26. The van der Waals surface area contributed by atoms with Gasteiger partial charge >= 0.3 is 11.9 Å². The van der Waals surface area contributed by atoms with E-state index in [0.717, 1.165) is 18.5 Å². The Hall–Kier alpha value is -2.83. The number of benzene rings is 1. The molecule has 1 saturated carbocycles. The van der Waals surface area contributed by atoms with Gasteiger partial charge in [0, 0.05) is 11.6 Å². The van der Waals surface area contributed by atoms with Crippen molar-refractivity contribution in [1.82, 2.24) is 9.78 Å². The fourth-order valence-corrected chi connectivity index (χ4v) is 2.20. The summed E-state index contributed by atoms with van der Waals surface area (Å²) < 4.78 is 1.44. The first-order valence-corrected chi connectivity index (χ1v) is 6.37. The summed E-state index contributed by atoms with van der Waals surface area (Å²) in [6.07, 6.45) is 1.91. The molecule has 1 aromatic carbocycles. The van der Waals surface area contributed by atoms with Crippen molar-refractivity contribution >= 4 is 11.9 Å². The van der Waals surface area contributed by atoms with Gasteiger partial charge in [-0.15, -0.1) is 0 Å². The highest BCUT2D eigenvalue weighted by Crippen LogP contribution is 2.41. The van der Waals surface area contributed by atoms with Gasteiger partial charge in [0.05, 0.1) is 5.69 Å². The van der Waals surface area contributed by atoms with Crippen LogP contribution in [0.4, 0.5) is 0 Å². The molecule has 3 rings (SSSR count). The molecule has 0 radical (unpaired) electrons. The van der Waals surface area contributed by atoms with Gasteiger partial charge in [-0.3, -0.25) is 0 Å². The summed E-state index contributed by atoms with van der Waals surface area (Å²) in [6, 6.07) is 5.55. The number of phenols is 1. The Balaban J connectivity index is 2.13. The van der Waals surface area contributed by atoms with E-state index in [1.54, 1.807) is 0 Å². The minimum absolute atomic E-state index is 0.0816. The van der Waals surface area contributed by atoms with E-state index in [0.29, 0.717) is 5.69 Å². The Kier molecular flexibility index (Phi) is 2.90. The molecule has 0 unspecified atom stereocenters. The average Bonchev–Trinajstić information content (AvgIpc) is 3.17. The lowest BCUT2D eigenvalue weighted by atomic mass is 10.1. The molecular formula is C14H12N2O5. The molecule has 2 aromatic rings. The van der Waals surface area contributed by atoms with Gasteiger partial charge in [-0.05, 0) is 37.1 Å². The van der Waals surface area contributed by atoms with Gasteiger partial charge in [-0.1, -0.05) is 0 Å².